The average molecular weight is 366 g/mol. The molecule has 0 aromatic heterocycles. The maximum absolute atomic E-state index is 6.30. The highest BCUT2D eigenvalue weighted by molar-refractivity contribution is 6.37. The number of rotatable bonds is 8. The number of halogens is 2. The molecule has 2 rings (SSSR count). The predicted octanol–water partition coefficient (Wildman–Crippen LogP) is 5.89. The maximum atomic E-state index is 6.30. The lowest BCUT2D eigenvalue weighted by Crippen LogP contribution is -2.26. The summed E-state index contributed by atoms with van der Waals surface area (Å²) in [4.78, 5) is 0. The molecule has 0 aliphatic rings. The molecule has 130 valence electrons. The SMILES string of the molecule is CC(C)Oc1c(Cl)cc(CN[C@@H](C)CCc2ccccc2)cc1Cl. The molecule has 2 aromatic carbocycles. The van der Waals surface area contributed by atoms with Gasteiger partial charge in [-0.15, -0.1) is 0 Å². The molecule has 1 atom stereocenters. The summed E-state index contributed by atoms with van der Waals surface area (Å²) in [6.45, 7) is 6.84. The van der Waals surface area contributed by atoms with Gasteiger partial charge in [-0.3, -0.25) is 0 Å². The van der Waals surface area contributed by atoms with Gasteiger partial charge in [0.2, 0.25) is 0 Å². The molecule has 2 aromatic rings. The Balaban J connectivity index is 1.87. The molecular weight excluding hydrogens is 341 g/mol. The molecule has 0 unspecified atom stereocenters. The molecule has 1 N–H and O–H groups in total. The van der Waals surface area contributed by atoms with Crippen LogP contribution in [0.1, 0.15) is 38.3 Å². The van der Waals surface area contributed by atoms with Crippen LogP contribution in [-0.2, 0) is 13.0 Å². The molecule has 0 amide bonds. The van der Waals surface area contributed by atoms with Crippen LogP contribution in [-0.4, -0.2) is 12.1 Å². The number of nitrogens with one attached hydrogen (secondary N) is 1. The number of benzene rings is 2. The molecule has 0 aliphatic carbocycles. The van der Waals surface area contributed by atoms with E-state index >= 15 is 0 Å². The first-order valence-corrected chi connectivity index (χ1v) is 9.13. The summed E-state index contributed by atoms with van der Waals surface area (Å²) in [6.07, 6.45) is 2.19. The Bertz CT molecular complexity index is 620. The molecule has 24 heavy (non-hydrogen) atoms. The first kappa shape index (κ1) is 19.1. The van der Waals surface area contributed by atoms with Crippen LogP contribution in [0.4, 0.5) is 0 Å². The summed E-state index contributed by atoms with van der Waals surface area (Å²) < 4.78 is 5.66. The van der Waals surface area contributed by atoms with Crippen molar-refractivity contribution in [1.29, 1.82) is 0 Å². The monoisotopic (exact) mass is 365 g/mol. The Morgan fingerprint density at radius 1 is 0.958 bits per heavy atom. The summed E-state index contributed by atoms with van der Waals surface area (Å²) in [5, 5.41) is 4.65. The minimum atomic E-state index is 0.0435. The standard InChI is InChI=1S/C20H25Cl2NO/c1-14(2)24-20-18(21)11-17(12-19(20)22)13-23-15(3)9-10-16-7-5-4-6-8-16/h4-8,11-12,14-15,23H,9-10,13H2,1-3H3/t15-/m0/s1. The number of ether oxygens (including phenoxy) is 1. The van der Waals surface area contributed by atoms with Crippen molar-refractivity contribution in [3.05, 3.63) is 63.6 Å². The Hall–Kier alpha value is -1.22. The fourth-order valence-electron chi connectivity index (χ4n) is 2.48. The molecule has 0 spiro atoms. The molecule has 4 heteroatoms. The van der Waals surface area contributed by atoms with Gasteiger partial charge in [-0.2, -0.15) is 0 Å². The molecule has 2 nitrogen and oxygen atoms in total. The Morgan fingerprint density at radius 3 is 2.17 bits per heavy atom. The second kappa shape index (κ2) is 9.31. The zero-order valence-corrected chi connectivity index (χ0v) is 16.0. The van der Waals surface area contributed by atoms with Crippen molar-refractivity contribution in [1.82, 2.24) is 5.32 Å². The zero-order chi connectivity index (χ0) is 17.5. The van der Waals surface area contributed by atoms with Crippen LogP contribution < -0.4 is 10.1 Å². The van der Waals surface area contributed by atoms with Crippen LogP contribution in [0, 0.1) is 0 Å². The van der Waals surface area contributed by atoms with E-state index in [2.05, 4.69) is 36.5 Å². The van der Waals surface area contributed by atoms with Crippen LogP contribution in [0.25, 0.3) is 0 Å². The van der Waals surface area contributed by atoms with Crippen molar-refractivity contribution in [3.63, 3.8) is 0 Å². The quantitative estimate of drug-likeness (QED) is 0.629. The van der Waals surface area contributed by atoms with Gasteiger partial charge in [0.25, 0.3) is 0 Å². The van der Waals surface area contributed by atoms with Gasteiger partial charge in [0, 0.05) is 12.6 Å². The summed E-state index contributed by atoms with van der Waals surface area (Å²) in [5.41, 5.74) is 2.43. The third-order valence-electron chi connectivity index (χ3n) is 3.78. The largest absolute Gasteiger partial charge is 0.488 e. The van der Waals surface area contributed by atoms with E-state index in [0.717, 1.165) is 24.9 Å². The lowest BCUT2D eigenvalue weighted by atomic mass is 10.1. The summed E-state index contributed by atoms with van der Waals surface area (Å²) in [6, 6.07) is 14.8. The van der Waals surface area contributed by atoms with Crippen LogP contribution in [0.2, 0.25) is 10.0 Å². The fraction of sp³-hybridized carbons (Fsp3) is 0.400. The van der Waals surface area contributed by atoms with E-state index in [9.17, 15) is 0 Å². The van der Waals surface area contributed by atoms with E-state index in [1.165, 1.54) is 5.56 Å². The molecule has 0 fully saturated rings. The fourth-order valence-corrected chi connectivity index (χ4v) is 3.11. The van der Waals surface area contributed by atoms with Crippen molar-refractivity contribution < 1.29 is 4.74 Å². The van der Waals surface area contributed by atoms with Crippen LogP contribution in [0.15, 0.2) is 42.5 Å². The third kappa shape index (κ3) is 6.01. The van der Waals surface area contributed by atoms with Gasteiger partial charge < -0.3 is 10.1 Å². The minimum absolute atomic E-state index is 0.0435. The second-order valence-electron chi connectivity index (χ2n) is 6.36. The highest BCUT2D eigenvalue weighted by atomic mass is 35.5. The van der Waals surface area contributed by atoms with E-state index < -0.39 is 0 Å². The van der Waals surface area contributed by atoms with Crippen LogP contribution in [0.3, 0.4) is 0 Å². The van der Waals surface area contributed by atoms with Gasteiger partial charge in [0.15, 0.2) is 5.75 Å². The molecule has 0 bridgehead atoms. The number of hydrogen-bond donors (Lipinski definition) is 1. The van der Waals surface area contributed by atoms with Crippen LogP contribution in [0.5, 0.6) is 5.75 Å². The van der Waals surface area contributed by atoms with Crippen molar-refractivity contribution in [3.8, 4) is 5.75 Å². The maximum Gasteiger partial charge on any atom is 0.156 e. The van der Waals surface area contributed by atoms with Crippen molar-refractivity contribution in [2.24, 2.45) is 0 Å². The summed E-state index contributed by atoms with van der Waals surface area (Å²) in [5.74, 6) is 0.564. The lowest BCUT2D eigenvalue weighted by Gasteiger charge is -2.17. The highest BCUT2D eigenvalue weighted by Gasteiger charge is 2.12. The Kier molecular flexibility index (Phi) is 7.41. The lowest BCUT2D eigenvalue weighted by molar-refractivity contribution is 0.242. The van der Waals surface area contributed by atoms with Crippen molar-refractivity contribution in [2.75, 3.05) is 0 Å². The molecule has 0 aliphatic heterocycles. The van der Waals surface area contributed by atoms with E-state index in [-0.39, 0.29) is 6.10 Å². The van der Waals surface area contributed by atoms with Gasteiger partial charge in [0.1, 0.15) is 0 Å². The minimum Gasteiger partial charge on any atom is -0.488 e. The second-order valence-corrected chi connectivity index (χ2v) is 7.18. The summed E-state index contributed by atoms with van der Waals surface area (Å²) in [7, 11) is 0. The van der Waals surface area contributed by atoms with Gasteiger partial charge in [-0.25, -0.2) is 0 Å². The Morgan fingerprint density at radius 2 is 1.58 bits per heavy atom. The smallest absolute Gasteiger partial charge is 0.156 e. The summed E-state index contributed by atoms with van der Waals surface area (Å²) >= 11 is 12.6. The van der Waals surface area contributed by atoms with Gasteiger partial charge in [-0.05, 0) is 56.9 Å². The first-order chi connectivity index (χ1) is 11.5. The van der Waals surface area contributed by atoms with Gasteiger partial charge in [0.05, 0.1) is 16.1 Å². The Labute approximate surface area is 155 Å². The molecular formula is C20H25Cl2NO. The molecule has 0 saturated heterocycles. The number of hydrogen-bond acceptors (Lipinski definition) is 2. The number of aryl methyl sites for hydroxylation is 1. The molecule has 0 heterocycles. The van der Waals surface area contributed by atoms with Gasteiger partial charge in [-0.1, -0.05) is 53.5 Å². The average Bonchev–Trinajstić information content (AvgIpc) is 2.55. The van der Waals surface area contributed by atoms with E-state index in [4.69, 9.17) is 27.9 Å². The zero-order valence-electron chi connectivity index (χ0n) is 14.5. The van der Waals surface area contributed by atoms with E-state index in [1.54, 1.807) is 0 Å². The molecule has 0 radical (unpaired) electrons. The van der Waals surface area contributed by atoms with Crippen molar-refractivity contribution in [2.45, 2.75) is 52.3 Å². The van der Waals surface area contributed by atoms with E-state index in [1.807, 2.05) is 32.0 Å². The predicted molar refractivity (Wildman–Crippen MR) is 103 cm³/mol. The van der Waals surface area contributed by atoms with E-state index in [0.29, 0.717) is 21.8 Å². The highest BCUT2D eigenvalue weighted by Crippen LogP contribution is 2.35. The first-order valence-electron chi connectivity index (χ1n) is 8.37. The normalized spacial score (nSPS) is 12.4. The third-order valence-corrected chi connectivity index (χ3v) is 4.34. The van der Waals surface area contributed by atoms with Gasteiger partial charge >= 0.3 is 0 Å². The topological polar surface area (TPSA) is 21.3 Å². The van der Waals surface area contributed by atoms with Crippen LogP contribution >= 0.6 is 23.2 Å². The van der Waals surface area contributed by atoms with Crippen molar-refractivity contribution >= 4 is 23.2 Å². The molecule has 0 saturated carbocycles.